The molecule has 0 saturated heterocycles. The van der Waals surface area contributed by atoms with Crippen LogP contribution in [0.4, 0.5) is 24.8 Å². The number of alkyl halides is 3. The standard InChI is InChI=1S/C15H8Cl2F3N3/c16-9-7-21-14(13(17)12(9)15(18,19)20)23-11-6-5-8-3-1-2-4-10(8)22-11/h1-7H,(H,21,22,23). The fourth-order valence-corrected chi connectivity index (χ4v) is 2.67. The summed E-state index contributed by atoms with van der Waals surface area (Å²) in [6.45, 7) is 0. The number of nitrogens with one attached hydrogen (secondary N) is 1. The third-order valence-corrected chi connectivity index (χ3v) is 3.76. The lowest BCUT2D eigenvalue weighted by Crippen LogP contribution is -2.09. The summed E-state index contributed by atoms with van der Waals surface area (Å²) in [4.78, 5) is 8.11. The zero-order valence-electron chi connectivity index (χ0n) is 11.3. The van der Waals surface area contributed by atoms with Gasteiger partial charge in [-0.05, 0) is 18.2 Å². The molecule has 0 amide bonds. The van der Waals surface area contributed by atoms with E-state index in [1.54, 1.807) is 18.2 Å². The number of pyridine rings is 2. The van der Waals surface area contributed by atoms with Crippen LogP contribution < -0.4 is 5.32 Å². The van der Waals surface area contributed by atoms with Crippen molar-refractivity contribution in [3.63, 3.8) is 0 Å². The first-order valence-corrected chi connectivity index (χ1v) is 7.16. The van der Waals surface area contributed by atoms with Crippen LogP contribution in [0.15, 0.2) is 42.6 Å². The van der Waals surface area contributed by atoms with E-state index in [9.17, 15) is 13.2 Å². The summed E-state index contributed by atoms with van der Waals surface area (Å²) in [5.41, 5.74) is -0.433. The molecule has 2 aromatic heterocycles. The minimum absolute atomic E-state index is 0.161. The first kappa shape index (κ1) is 15.8. The highest BCUT2D eigenvalue weighted by molar-refractivity contribution is 6.37. The summed E-state index contributed by atoms with van der Waals surface area (Å²) in [5, 5.41) is 2.44. The van der Waals surface area contributed by atoms with E-state index in [1.165, 1.54) is 0 Å². The van der Waals surface area contributed by atoms with Crippen LogP contribution in [0.5, 0.6) is 0 Å². The van der Waals surface area contributed by atoms with Gasteiger partial charge in [0.2, 0.25) is 0 Å². The Morgan fingerprint density at radius 3 is 2.48 bits per heavy atom. The molecule has 0 bridgehead atoms. The van der Waals surface area contributed by atoms with Crippen molar-refractivity contribution in [3.8, 4) is 0 Å². The highest BCUT2D eigenvalue weighted by Crippen LogP contribution is 2.42. The molecule has 118 valence electrons. The fraction of sp³-hybridized carbons (Fsp3) is 0.0667. The Hall–Kier alpha value is -2.05. The van der Waals surface area contributed by atoms with Gasteiger partial charge in [0.25, 0.3) is 0 Å². The summed E-state index contributed by atoms with van der Waals surface area (Å²) >= 11 is 11.4. The Morgan fingerprint density at radius 1 is 1.00 bits per heavy atom. The summed E-state index contributed by atoms with van der Waals surface area (Å²) in [6.07, 6.45) is -3.77. The molecule has 0 unspecified atom stereocenters. The van der Waals surface area contributed by atoms with Crippen LogP contribution in [0, 0.1) is 0 Å². The van der Waals surface area contributed by atoms with E-state index < -0.39 is 21.8 Å². The van der Waals surface area contributed by atoms with Crippen LogP contribution in [-0.2, 0) is 6.18 Å². The Balaban J connectivity index is 2.02. The van der Waals surface area contributed by atoms with Gasteiger partial charge in [0.1, 0.15) is 5.82 Å². The number of rotatable bonds is 2. The number of hydrogen-bond donors (Lipinski definition) is 1. The topological polar surface area (TPSA) is 37.8 Å². The van der Waals surface area contributed by atoms with Crippen molar-refractivity contribution in [2.45, 2.75) is 6.18 Å². The highest BCUT2D eigenvalue weighted by atomic mass is 35.5. The van der Waals surface area contributed by atoms with Crippen molar-refractivity contribution in [2.24, 2.45) is 0 Å². The third-order valence-electron chi connectivity index (χ3n) is 3.10. The van der Waals surface area contributed by atoms with E-state index in [-0.39, 0.29) is 5.82 Å². The lowest BCUT2D eigenvalue weighted by Gasteiger charge is -2.14. The molecule has 3 nitrogen and oxygen atoms in total. The molecule has 0 fully saturated rings. The molecular weight excluding hydrogens is 350 g/mol. The number of nitrogens with zero attached hydrogens (tertiary/aromatic N) is 2. The van der Waals surface area contributed by atoms with E-state index in [1.807, 2.05) is 18.2 Å². The summed E-state index contributed by atoms with van der Waals surface area (Å²) in [6, 6.07) is 10.8. The van der Waals surface area contributed by atoms with Crippen molar-refractivity contribution in [1.82, 2.24) is 9.97 Å². The zero-order valence-corrected chi connectivity index (χ0v) is 12.8. The highest BCUT2D eigenvalue weighted by Gasteiger charge is 2.37. The van der Waals surface area contributed by atoms with E-state index in [2.05, 4.69) is 15.3 Å². The first-order chi connectivity index (χ1) is 10.9. The maximum Gasteiger partial charge on any atom is 0.419 e. The third kappa shape index (κ3) is 3.18. The maximum absolute atomic E-state index is 13.0. The molecule has 0 radical (unpaired) electrons. The average molecular weight is 358 g/mol. The van der Waals surface area contributed by atoms with Gasteiger partial charge in [0.05, 0.1) is 21.1 Å². The molecule has 8 heteroatoms. The number of benzene rings is 1. The molecule has 0 aliphatic heterocycles. The lowest BCUT2D eigenvalue weighted by atomic mass is 10.2. The summed E-state index contributed by atoms with van der Waals surface area (Å²) in [7, 11) is 0. The van der Waals surface area contributed by atoms with Crippen molar-refractivity contribution in [3.05, 3.63) is 58.2 Å². The Labute approximate surface area is 139 Å². The molecule has 23 heavy (non-hydrogen) atoms. The largest absolute Gasteiger partial charge is 0.419 e. The minimum Gasteiger partial charge on any atom is -0.324 e. The van der Waals surface area contributed by atoms with Crippen molar-refractivity contribution < 1.29 is 13.2 Å². The molecule has 0 aliphatic carbocycles. The molecule has 1 N–H and O–H groups in total. The quantitative estimate of drug-likeness (QED) is 0.639. The van der Waals surface area contributed by atoms with Gasteiger partial charge in [0.15, 0.2) is 5.82 Å². The predicted octanol–water partition coefficient (Wildman–Crippen LogP) is 5.70. The van der Waals surface area contributed by atoms with E-state index in [0.29, 0.717) is 11.3 Å². The van der Waals surface area contributed by atoms with Gasteiger partial charge in [-0.1, -0.05) is 41.4 Å². The summed E-state index contributed by atoms with van der Waals surface area (Å²) < 4.78 is 39.0. The summed E-state index contributed by atoms with van der Waals surface area (Å²) in [5.74, 6) is 0.166. The van der Waals surface area contributed by atoms with E-state index in [0.717, 1.165) is 11.6 Å². The maximum atomic E-state index is 13.0. The molecule has 1 aromatic carbocycles. The van der Waals surface area contributed by atoms with Crippen LogP contribution in [0.2, 0.25) is 10.0 Å². The van der Waals surface area contributed by atoms with Gasteiger partial charge in [-0.3, -0.25) is 0 Å². The number of fused-ring (bicyclic) bond motifs is 1. The van der Waals surface area contributed by atoms with Gasteiger partial charge >= 0.3 is 6.18 Å². The Morgan fingerprint density at radius 2 is 1.74 bits per heavy atom. The van der Waals surface area contributed by atoms with E-state index in [4.69, 9.17) is 23.2 Å². The van der Waals surface area contributed by atoms with Crippen molar-refractivity contribution >= 4 is 45.7 Å². The smallest absolute Gasteiger partial charge is 0.324 e. The van der Waals surface area contributed by atoms with E-state index >= 15 is 0 Å². The molecule has 3 aromatic rings. The SMILES string of the molecule is FC(F)(F)c1c(Cl)cnc(Nc2ccc3ccccc3n2)c1Cl. The normalized spacial score (nSPS) is 11.7. The lowest BCUT2D eigenvalue weighted by molar-refractivity contribution is -0.137. The van der Waals surface area contributed by atoms with Gasteiger partial charge in [-0.2, -0.15) is 13.2 Å². The second-order valence-corrected chi connectivity index (χ2v) is 5.44. The molecule has 2 heterocycles. The number of aromatic nitrogens is 2. The average Bonchev–Trinajstić information content (AvgIpc) is 2.49. The minimum atomic E-state index is -4.68. The fourth-order valence-electron chi connectivity index (χ4n) is 2.07. The second kappa shape index (κ2) is 5.86. The monoisotopic (exact) mass is 357 g/mol. The van der Waals surface area contributed by atoms with Crippen LogP contribution >= 0.6 is 23.2 Å². The number of halogens is 5. The van der Waals surface area contributed by atoms with Gasteiger partial charge in [0, 0.05) is 11.6 Å². The number of anilines is 2. The molecule has 0 aliphatic rings. The molecule has 3 rings (SSSR count). The number of hydrogen-bond acceptors (Lipinski definition) is 3. The number of para-hydroxylation sites is 1. The van der Waals surface area contributed by atoms with Crippen molar-refractivity contribution in [1.29, 1.82) is 0 Å². The zero-order chi connectivity index (χ0) is 16.6. The molecular formula is C15H8Cl2F3N3. The van der Waals surface area contributed by atoms with Crippen LogP contribution in [0.25, 0.3) is 10.9 Å². The van der Waals surface area contributed by atoms with Gasteiger partial charge in [-0.25, -0.2) is 9.97 Å². The van der Waals surface area contributed by atoms with Crippen LogP contribution in [0.1, 0.15) is 5.56 Å². The Bertz CT molecular complexity index is 881. The second-order valence-electron chi connectivity index (χ2n) is 4.66. The molecule has 0 spiro atoms. The Kier molecular flexibility index (Phi) is 4.04. The first-order valence-electron chi connectivity index (χ1n) is 6.40. The molecule has 0 atom stereocenters. The molecule has 0 saturated carbocycles. The van der Waals surface area contributed by atoms with Gasteiger partial charge < -0.3 is 5.32 Å². The van der Waals surface area contributed by atoms with Crippen LogP contribution in [-0.4, -0.2) is 9.97 Å². The van der Waals surface area contributed by atoms with Gasteiger partial charge in [-0.15, -0.1) is 0 Å². The van der Waals surface area contributed by atoms with Crippen LogP contribution in [0.3, 0.4) is 0 Å². The van der Waals surface area contributed by atoms with Crippen molar-refractivity contribution in [2.75, 3.05) is 5.32 Å². The predicted molar refractivity (Wildman–Crippen MR) is 84.3 cm³/mol.